The van der Waals surface area contributed by atoms with Crippen LogP contribution in [0.3, 0.4) is 0 Å². The van der Waals surface area contributed by atoms with E-state index in [1.54, 1.807) is 0 Å². The normalized spacial score (nSPS) is 11.6. The quantitative estimate of drug-likeness (QED) is 0.120. The summed E-state index contributed by atoms with van der Waals surface area (Å²) in [4.78, 5) is 0. The van der Waals surface area contributed by atoms with Crippen LogP contribution in [0.25, 0.3) is 230 Å². The molecule has 0 aliphatic rings. The Balaban J connectivity index is 0.000000114. The lowest BCUT2D eigenvalue weighted by molar-refractivity contribution is 0.590. The van der Waals surface area contributed by atoms with Gasteiger partial charge >= 0.3 is 0 Å². The summed E-state index contributed by atoms with van der Waals surface area (Å²) in [5, 5.41) is 27.9. The first-order valence-electron chi connectivity index (χ1n) is 45.1. The van der Waals surface area contributed by atoms with Gasteiger partial charge in [-0.3, -0.25) is 0 Å². The van der Waals surface area contributed by atoms with Crippen LogP contribution < -0.4 is 0 Å². The molecule has 0 atom stereocenters. The molecule has 0 spiro atoms. The molecule has 0 saturated heterocycles. The first kappa shape index (κ1) is 79.1. The second kappa shape index (κ2) is 33.2. The van der Waals surface area contributed by atoms with Crippen LogP contribution >= 0.6 is 0 Å². The largest absolute Gasteiger partial charge is 0.0622 e. The fourth-order valence-corrected chi connectivity index (χ4v) is 20.5. The van der Waals surface area contributed by atoms with Crippen LogP contribution in [0.4, 0.5) is 0 Å². The van der Waals surface area contributed by atoms with Gasteiger partial charge in [-0.25, -0.2) is 0 Å². The topological polar surface area (TPSA) is 0 Å². The van der Waals surface area contributed by atoms with Crippen molar-refractivity contribution in [2.24, 2.45) is 0 Å². The predicted molar refractivity (Wildman–Crippen MR) is 559 cm³/mol. The van der Waals surface area contributed by atoms with Crippen molar-refractivity contribution in [1.82, 2.24) is 0 Å². The highest BCUT2D eigenvalue weighted by Gasteiger charge is 2.24. The third-order valence-electron chi connectivity index (χ3n) is 26.7. The average Bonchev–Trinajstić information content (AvgIpc) is 0.733. The number of hydrogen-bond acceptors (Lipinski definition) is 0. The van der Waals surface area contributed by atoms with Crippen molar-refractivity contribution in [1.29, 1.82) is 0 Å². The lowest BCUT2D eigenvalue weighted by Gasteiger charge is -2.20. The molecule has 0 nitrogen and oxygen atoms in total. The smallest absolute Gasteiger partial charge is 0.00259 e. The predicted octanol–water partition coefficient (Wildman–Crippen LogP) is 36.6. The Kier molecular flexibility index (Phi) is 20.4. The SMILES string of the molecule is CC(C)(C)c1ccc(-c2ccc3c(-c4ccc5ccccc5c4)c4ccccc4c(-c4ccc5ccccc5c4)c3c2)cc1.Cc1cc(C)c(-c2ccc3c(-c4ccc5ccccc5c4)c4ccccc4c(-c4ccc5ccccc5c4)c3c2)c(C)c1.c1ccc(-c2ccc(-c3c4ccccc4c(-c4ccc5ccccc5c4)c4cc(-c5ccccc5)ccc34)cc2)cc1. The lowest BCUT2D eigenvalue weighted by Crippen LogP contribution is -2.10. The van der Waals surface area contributed by atoms with Crippen molar-refractivity contribution in [2.45, 2.75) is 47.0 Å². The van der Waals surface area contributed by atoms with Crippen molar-refractivity contribution in [2.75, 3.05) is 0 Å². The van der Waals surface area contributed by atoms with E-state index in [-0.39, 0.29) is 5.41 Å². The molecule has 24 rings (SSSR count). The average molecular weight is 1640 g/mol. The lowest BCUT2D eigenvalue weighted by atomic mass is 9.83. The maximum absolute atomic E-state index is 2.45. The van der Waals surface area contributed by atoms with Crippen LogP contribution in [0.1, 0.15) is 43.0 Å². The molecule has 129 heavy (non-hydrogen) atoms. The highest BCUT2D eigenvalue weighted by atomic mass is 14.3. The van der Waals surface area contributed by atoms with Crippen LogP contribution in [0.15, 0.2) is 461 Å². The van der Waals surface area contributed by atoms with Crippen LogP contribution in [0.2, 0.25) is 0 Å². The van der Waals surface area contributed by atoms with E-state index in [1.165, 1.54) is 252 Å². The van der Waals surface area contributed by atoms with Gasteiger partial charge in [0.25, 0.3) is 0 Å². The molecule has 0 amide bonds. The van der Waals surface area contributed by atoms with E-state index in [0.29, 0.717) is 0 Å². The van der Waals surface area contributed by atoms with Gasteiger partial charge in [-0.15, -0.1) is 0 Å². The number of hydrogen-bond donors (Lipinski definition) is 0. The van der Waals surface area contributed by atoms with E-state index in [2.05, 4.69) is 503 Å². The Morgan fingerprint density at radius 3 is 0.651 bits per heavy atom. The molecule has 24 aromatic rings. The summed E-state index contributed by atoms with van der Waals surface area (Å²) in [6.45, 7) is 13.5. The second-order valence-electron chi connectivity index (χ2n) is 35.9. The minimum absolute atomic E-state index is 0.124. The maximum Gasteiger partial charge on any atom is -0.00259 e. The molecule has 0 aromatic heterocycles. The van der Waals surface area contributed by atoms with Gasteiger partial charge in [-0.05, 0) is 321 Å². The van der Waals surface area contributed by atoms with E-state index in [4.69, 9.17) is 0 Å². The van der Waals surface area contributed by atoms with Crippen molar-refractivity contribution in [3.8, 4) is 111 Å². The van der Waals surface area contributed by atoms with E-state index < -0.39 is 0 Å². The summed E-state index contributed by atoms with van der Waals surface area (Å²) >= 11 is 0. The summed E-state index contributed by atoms with van der Waals surface area (Å²) < 4.78 is 0. The molecule has 0 heterocycles. The molecule has 0 heteroatoms. The monoisotopic (exact) mass is 1640 g/mol. The fourth-order valence-electron chi connectivity index (χ4n) is 20.5. The second-order valence-corrected chi connectivity index (χ2v) is 35.9. The number of aryl methyl sites for hydroxylation is 3. The van der Waals surface area contributed by atoms with Crippen molar-refractivity contribution in [3.63, 3.8) is 0 Å². The summed E-state index contributed by atoms with van der Waals surface area (Å²) in [6.07, 6.45) is 0. The van der Waals surface area contributed by atoms with Gasteiger partial charge in [0, 0.05) is 0 Å². The highest BCUT2D eigenvalue weighted by molar-refractivity contribution is 6.26. The molecule has 0 aliphatic heterocycles. The molecular weight excluding hydrogens is 1550 g/mol. The molecule has 0 radical (unpaired) electrons. The molecule has 0 unspecified atom stereocenters. The molecule has 0 fully saturated rings. The summed E-state index contributed by atoms with van der Waals surface area (Å²) in [5.74, 6) is 0. The van der Waals surface area contributed by atoms with Crippen molar-refractivity contribution >= 4 is 118 Å². The van der Waals surface area contributed by atoms with Crippen LogP contribution in [0.5, 0.6) is 0 Å². The van der Waals surface area contributed by atoms with E-state index in [0.717, 1.165) is 0 Å². The highest BCUT2D eigenvalue weighted by Crippen LogP contribution is 2.51. The van der Waals surface area contributed by atoms with Gasteiger partial charge in [0.15, 0.2) is 0 Å². The zero-order valence-electron chi connectivity index (χ0n) is 73.4. The van der Waals surface area contributed by atoms with E-state index in [9.17, 15) is 0 Å². The van der Waals surface area contributed by atoms with Gasteiger partial charge < -0.3 is 0 Å². The van der Waals surface area contributed by atoms with Gasteiger partial charge in [-0.2, -0.15) is 0 Å². The Morgan fingerprint density at radius 1 is 0.132 bits per heavy atom. The zero-order chi connectivity index (χ0) is 86.8. The van der Waals surface area contributed by atoms with Crippen molar-refractivity contribution < 1.29 is 0 Å². The molecule has 24 aromatic carbocycles. The number of fused-ring (bicyclic) bond motifs is 11. The van der Waals surface area contributed by atoms with E-state index in [1.807, 2.05) is 0 Å². The van der Waals surface area contributed by atoms with E-state index >= 15 is 0 Å². The third kappa shape index (κ3) is 14.9. The Bertz CT molecular complexity index is 8490. The summed E-state index contributed by atoms with van der Waals surface area (Å²) in [5.41, 5.74) is 30.6. The van der Waals surface area contributed by atoms with Crippen LogP contribution in [-0.4, -0.2) is 0 Å². The van der Waals surface area contributed by atoms with Gasteiger partial charge in [0.1, 0.15) is 0 Å². The van der Waals surface area contributed by atoms with Crippen molar-refractivity contribution in [3.05, 3.63) is 483 Å². The van der Waals surface area contributed by atoms with Crippen LogP contribution in [-0.2, 0) is 5.41 Å². The van der Waals surface area contributed by atoms with Gasteiger partial charge in [0.05, 0.1) is 0 Å². The van der Waals surface area contributed by atoms with Gasteiger partial charge in [0.2, 0.25) is 0 Å². The van der Waals surface area contributed by atoms with Crippen LogP contribution in [0, 0.1) is 20.8 Å². The Labute approximate surface area is 754 Å². The molecule has 0 saturated carbocycles. The first-order valence-corrected chi connectivity index (χ1v) is 45.1. The molecule has 0 aliphatic carbocycles. The molecule has 0 N–H and O–H groups in total. The minimum Gasteiger partial charge on any atom is -0.0622 e. The number of rotatable bonds is 10. The summed E-state index contributed by atoms with van der Waals surface area (Å²) in [6, 6.07) is 170. The third-order valence-corrected chi connectivity index (χ3v) is 26.7. The Hall–Kier alpha value is -15.9. The minimum atomic E-state index is 0.124. The first-order chi connectivity index (χ1) is 63.3. The molecular formula is C129H94. The zero-order valence-corrected chi connectivity index (χ0v) is 73.4. The maximum atomic E-state index is 2.45. The fraction of sp³-hybridized carbons (Fsp3) is 0.0543. The molecule has 610 valence electrons. The molecule has 0 bridgehead atoms. The van der Waals surface area contributed by atoms with Gasteiger partial charge in [-0.1, -0.05) is 439 Å². The number of benzene rings is 24. The standard InChI is InChI=1S/C44H34.C43H32.C42H28/c1-44(2,3)37-23-20-31(21-24-37)34-22-25-40-41(28-34)43(36-19-17-30-11-5-7-13-33(30)27-36)39-15-9-8-14-38(39)42(40)35-18-16-29-10-4-6-12-32(29)26-35;1-27-22-28(2)41(29(3)23-27)36-20-21-39-40(26-36)43(35-19-17-31-11-5-7-13-33(31)25-35)38-15-9-8-14-37(38)42(39)34-18-16-30-10-4-6-12-32(30)24-34;1-3-11-29(12-4-1)32-19-22-33(23-20-32)41-37-17-9-10-18-38(37)42(36-24-21-31-15-7-8-16-34(31)27-36)40-28-35(25-26-39(40)41)30-13-5-2-6-14-30/h4-28H,1-3H3;4-26H,1-3H3;1-28H. The summed E-state index contributed by atoms with van der Waals surface area (Å²) in [7, 11) is 0. The Morgan fingerprint density at radius 2 is 0.333 bits per heavy atom.